The van der Waals surface area contributed by atoms with Crippen molar-refractivity contribution in [1.82, 2.24) is 10.2 Å². The fourth-order valence-electron chi connectivity index (χ4n) is 1.75. The first-order chi connectivity index (χ1) is 5.22. The van der Waals surface area contributed by atoms with Crippen molar-refractivity contribution in [3.63, 3.8) is 0 Å². The molecule has 1 rings (SSSR count). The second-order valence-corrected chi connectivity index (χ2v) is 3.79. The smallest absolute Gasteiger partial charge is 0.00900 e. The SMILES string of the molecule is CC(C1CCNCC1)N(C)C.Cl.Cl.O. The topological polar surface area (TPSA) is 46.8 Å². The molecule has 0 saturated carbocycles. The summed E-state index contributed by atoms with van der Waals surface area (Å²) in [4.78, 5) is 2.33. The minimum absolute atomic E-state index is 0. The van der Waals surface area contributed by atoms with Crippen LogP contribution in [0.15, 0.2) is 0 Å². The van der Waals surface area contributed by atoms with Crippen molar-refractivity contribution in [1.29, 1.82) is 0 Å². The molecule has 1 aliphatic rings. The molecular weight excluding hydrogens is 223 g/mol. The maximum Gasteiger partial charge on any atom is 0.00900 e. The summed E-state index contributed by atoms with van der Waals surface area (Å²) >= 11 is 0. The minimum atomic E-state index is 0. The van der Waals surface area contributed by atoms with Crippen molar-refractivity contribution in [2.24, 2.45) is 5.92 Å². The van der Waals surface area contributed by atoms with Crippen LogP contribution in [0.2, 0.25) is 0 Å². The summed E-state index contributed by atoms with van der Waals surface area (Å²) < 4.78 is 0. The second kappa shape index (κ2) is 9.99. The van der Waals surface area contributed by atoms with Crippen LogP contribution in [0.25, 0.3) is 0 Å². The molecule has 0 aromatic carbocycles. The van der Waals surface area contributed by atoms with Gasteiger partial charge in [0.1, 0.15) is 0 Å². The first-order valence-corrected chi connectivity index (χ1v) is 4.59. The highest BCUT2D eigenvalue weighted by molar-refractivity contribution is 5.85. The van der Waals surface area contributed by atoms with Gasteiger partial charge in [0.05, 0.1) is 0 Å². The molecule has 0 radical (unpaired) electrons. The molecule has 1 fully saturated rings. The number of hydrogen-bond acceptors (Lipinski definition) is 2. The first kappa shape index (κ1) is 19.9. The third-order valence-corrected chi connectivity index (χ3v) is 2.88. The van der Waals surface area contributed by atoms with Crippen molar-refractivity contribution in [3.8, 4) is 0 Å². The van der Waals surface area contributed by atoms with Gasteiger partial charge in [0.15, 0.2) is 0 Å². The molecule has 0 amide bonds. The van der Waals surface area contributed by atoms with Crippen molar-refractivity contribution < 1.29 is 5.48 Å². The molecular formula is C9H24Cl2N2O. The van der Waals surface area contributed by atoms with E-state index >= 15 is 0 Å². The summed E-state index contributed by atoms with van der Waals surface area (Å²) in [5, 5.41) is 3.39. The monoisotopic (exact) mass is 246 g/mol. The van der Waals surface area contributed by atoms with Gasteiger partial charge in [0.25, 0.3) is 0 Å². The number of hydrogen-bond donors (Lipinski definition) is 1. The lowest BCUT2D eigenvalue weighted by atomic mass is 9.91. The molecule has 0 aromatic heterocycles. The molecule has 0 aliphatic carbocycles. The zero-order valence-electron chi connectivity index (χ0n) is 9.25. The minimum Gasteiger partial charge on any atom is -0.412 e. The third-order valence-electron chi connectivity index (χ3n) is 2.88. The van der Waals surface area contributed by atoms with Crippen LogP contribution in [0.1, 0.15) is 19.8 Å². The van der Waals surface area contributed by atoms with Crippen LogP contribution in [-0.2, 0) is 0 Å². The van der Waals surface area contributed by atoms with Crippen molar-refractivity contribution in [3.05, 3.63) is 0 Å². The largest absolute Gasteiger partial charge is 0.412 e. The molecule has 14 heavy (non-hydrogen) atoms. The summed E-state index contributed by atoms with van der Waals surface area (Å²) in [5.41, 5.74) is 0. The normalized spacial score (nSPS) is 18.9. The van der Waals surface area contributed by atoms with Gasteiger partial charge in [-0.1, -0.05) is 0 Å². The highest BCUT2D eigenvalue weighted by atomic mass is 35.5. The van der Waals surface area contributed by atoms with Crippen LogP contribution in [0.4, 0.5) is 0 Å². The van der Waals surface area contributed by atoms with E-state index in [0.717, 1.165) is 12.0 Å². The van der Waals surface area contributed by atoms with E-state index in [1.165, 1.54) is 25.9 Å². The predicted molar refractivity (Wildman–Crippen MR) is 66.9 cm³/mol. The van der Waals surface area contributed by atoms with E-state index in [0.29, 0.717) is 0 Å². The van der Waals surface area contributed by atoms with Crippen LogP contribution in [0, 0.1) is 5.92 Å². The lowest BCUT2D eigenvalue weighted by Gasteiger charge is -2.32. The standard InChI is InChI=1S/C9H20N2.2ClH.H2O/c1-8(11(2)3)9-4-6-10-7-5-9;;;/h8-10H,4-7H2,1-3H3;2*1H;1H2. The van der Waals surface area contributed by atoms with Crippen LogP contribution < -0.4 is 5.32 Å². The van der Waals surface area contributed by atoms with E-state index in [1.54, 1.807) is 0 Å². The third kappa shape index (κ3) is 6.04. The highest BCUT2D eigenvalue weighted by Crippen LogP contribution is 2.18. The average Bonchev–Trinajstić information content (AvgIpc) is 2.05. The maximum absolute atomic E-state index is 3.39. The van der Waals surface area contributed by atoms with Crippen molar-refractivity contribution >= 4 is 24.8 Å². The Kier molecular flexibility index (Phi) is 14.2. The number of piperidine rings is 1. The average molecular weight is 247 g/mol. The van der Waals surface area contributed by atoms with Crippen molar-refractivity contribution in [2.45, 2.75) is 25.8 Å². The molecule has 0 bridgehead atoms. The summed E-state index contributed by atoms with van der Waals surface area (Å²) in [5.74, 6) is 0.909. The second-order valence-electron chi connectivity index (χ2n) is 3.79. The van der Waals surface area contributed by atoms with Crippen LogP contribution in [0.3, 0.4) is 0 Å². The molecule has 1 unspecified atom stereocenters. The molecule has 3 N–H and O–H groups in total. The van der Waals surface area contributed by atoms with Gasteiger partial charge in [-0.15, -0.1) is 24.8 Å². The van der Waals surface area contributed by atoms with Gasteiger partial charge in [-0.2, -0.15) is 0 Å². The van der Waals surface area contributed by atoms with Crippen molar-refractivity contribution in [2.75, 3.05) is 27.2 Å². The number of halogens is 2. The van der Waals surface area contributed by atoms with E-state index in [9.17, 15) is 0 Å². The summed E-state index contributed by atoms with van der Waals surface area (Å²) in [7, 11) is 4.35. The molecule has 1 aliphatic heterocycles. The first-order valence-electron chi connectivity index (χ1n) is 4.59. The Morgan fingerprint density at radius 1 is 1.14 bits per heavy atom. The molecule has 90 valence electrons. The zero-order chi connectivity index (χ0) is 8.27. The fourth-order valence-corrected chi connectivity index (χ4v) is 1.75. The molecule has 0 spiro atoms. The summed E-state index contributed by atoms with van der Waals surface area (Å²) in [6, 6.07) is 0.747. The van der Waals surface area contributed by atoms with Crippen LogP contribution in [0.5, 0.6) is 0 Å². The molecule has 1 heterocycles. The van der Waals surface area contributed by atoms with Gasteiger partial charge < -0.3 is 15.7 Å². The Morgan fingerprint density at radius 3 is 1.93 bits per heavy atom. The van der Waals surface area contributed by atoms with E-state index in [2.05, 4.69) is 31.2 Å². The number of rotatable bonds is 2. The van der Waals surface area contributed by atoms with E-state index in [1.807, 2.05) is 0 Å². The fraction of sp³-hybridized carbons (Fsp3) is 1.00. The van der Waals surface area contributed by atoms with Gasteiger partial charge in [0, 0.05) is 6.04 Å². The number of nitrogens with one attached hydrogen (secondary N) is 1. The van der Waals surface area contributed by atoms with Crippen LogP contribution >= 0.6 is 24.8 Å². The van der Waals surface area contributed by atoms with Gasteiger partial charge in [0.2, 0.25) is 0 Å². The Morgan fingerprint density at radius 2 is 1.57 bits per heavy atom. The highest BCUT2D eigenvalue weighted by Gasteiger charge is 2.20. The van der Waals surface area contributed by atoms with Gasteiger partial charge >= 0.3 is 0 Å². The number of nitrogens with zero attached hydrogens (tertiary/aromatic N) is 1. The van der Waals surface area contributed by atoms with Gasteiger partial charge in [-0.25, -0.2) is 0 Å². The molecule has 1 saturated heterocycles. The Hall–Kier alpha value is 0.460. The Balaban J connectivity index is -0.000000403. The molecule has 0 aromatic rings. The summed E-state index contributed by atoms with van der Waals surface area (Å²) in [6.45, 7) is 4.75. The maximum atomic E-state index is 3.39. The van der Waals surface area contributed by atoms with Crippen LogP contribution in [-0.4, -0.2) is 43.6 Å². The zero-order valence-corrected chi connectivity index (χ0v) is 10.9. The summed E-state index contributed by atoms with van der Waals surface area (Å²) in [6.07, 6.45) is 2.69. The van der Waals surface area contributed by atoms with E-state index in [4.69, 9.17) is 0 Å². The van der Waals surface area contributed by atoms with E-state index < -0.39 is 0 Å². The Bertz CT molecular complexity index is 119. The predicted octanol–water partition coefficient (Wildman–Crippen LogP) is 0.955. The lowest BCUT2D eigenvalue weighted by Crippen LogP contribution is -2.39. The molecule has 1 atom stereocenters. The van der Waals surface area contributed by atoms with Gasteiger partial charge in [-0.3, -0.25) is 0 Å². The van der Waals surface area contributed by atoms with Gasteiger partial charge in [-0.05, 0) is 52.9 Å². The molecule has 5 heteroatoms. The van der Waals surface area contributed by atoms with E-state index in [-0.39, 0.29) is 30.3 Å². The Labute approximate surface area is 99.7 Å². The lowest BCUT2D eigenvalue weighted by molar-refractivity contribution is 0.191. The quantitative estimate of drug-likeness (QED) is 0.789. The molecule has 3 nitrogen and oxygen atoms in total.